The molecule has 1 aromatic rings. The van der Waals surface area contributed by atoms with E-state index in [1.807, 2.05) is 0 Å². The van der Waals surface area contributed by atoms with Gasteiger partial charge in [0.1, 0.15) is 11.9 Å². The maximum atomic E-state index is 14.1. The summed E-state index contributed by atoms with van der Waals surface area (Å²) in [6, 6.07) is 4.17. The molecule has 8 heteroatoms. The maximum absolute atomic E-state index is 14.1. The van der Waals surface area contributed by atoms with Crippen LogP contribution in [0.25, 0.3) is 0 Å². The summed E-state index contributed by atoms with van der Waals surface area (Å²) in [5.41, 5.74) is 2.51. The number of hydrogen-bond acceptors (Lipinski definition) is 3. The number of amidine groups is 1. The number of nitrogens with zero attached hydrogens (tertiary/aromatic N) is 1. The van der Waals surface area contributed by atoms with Crippen molar-refractivity contribution in [2.75, 3.05) is 0 Å². The molecule has 3 rings (SSSR count). The van der Waals surface area contributed by atoms with Crippen LogP contribution in [0.15, 0.2) is 29.3 Å². The van der Waals surface area contributed by atoms with E-state index in [-0.39, 0.29) is 7.43 Å². The van der Waals surface area contributed by atoms with Crippen molar-refractivity contribution >= 4 is 6.02 Å². The summed E-state index contributed by atoms with van der Waals surface area (Å²) < 4.78 is 74.2. The molecular weight excluding hydrogens is 319 g/mol. The van der Waals surface area contributed by atoms with Gasteiger partial charge in [-0.25, -0.2) is 26.9 Å². The molecule has 1 heterocycles. The van der Waals surface area contributed by atoms with Crippen LogP contribution in [0.5, 0.6) is 0 Å². The van der Waals surface area contributed by atoms with Crippen molar-refractivity contribution in [3.8, 4) is 0 Å². The average Bonchev–Trinajstić information content (AvgIpc) is 2.72. The van der Waals surface area contributed by atoms with E-state index in [1.165, 1.54) is 12.1 Å². The summed E-state index contributed by atoms with van der Waals surface area (Å²) in [5.74, 6) is -5.47. The molecule has 1 aliphatic heterocycles. The molecule has 2 aliphatic rings. The van der Waals surface area contributed by atoms with Gasteiger partial charge in [-0.05, 0) is 6.07 Å². The van der Waals surface area contributed by atoms with Crippen molar-refractivity contribution in [3.05, 3.63) is 35.6 Å². The zero-order valence-electron chi connectivity index (χ0n) is 11.3. The Morgan fingerprint density at radius 2 is 1.87 bits per heavy atom. The van der Waals surface area contributed by atoms with E-state index in [2.05, 4.69) is 4.99 Å². The molecule has 1 saturated carbocycles. The quantitative estimate of drug-likeness (QED) is 0.838. The number of alkyl halides is 4. The third-order valence-corrected chi connectivity index (χ3v) is 4.24. The van der Waals surface area contributed by atoms with Crippen LogP contribution in [-0.2, 0) is 10.3 Å². The summed E-state index contributed by atoms with van der Waals surface area (Å²) in [6.45, 7) is 0. The maximum Gasteiger partial charge on any atom is 0.283 e. The van der Waals surface area contributed by atoms with Crippen LogP contribution in [0.2, 0.25) is 0 Å². The lowest BCUT2D eigenvalue weighted by atomic mass is 9.75. The molecule has 1 fully saturated rings. The third kappa shape index (κ3) is 2.64. The first-order valence-corrected chi connectivity index (χ1v) is 6.69. The van der Waals surface area contributed by atoms with Crippen LogP contribution < -0.4 is 5.73 Å². The molecule has 0 unspecified atom stereocenters. The molecular formula is C15H17F5N2O. The molecule has 23 heavy (non-hydrogen) atoms. The van der Waals surface area contributed by atoms with E-state index in [4.69, 9.17) is 10.5 Å². The lowest BCUT2D eigenvalue weighted by Gasteiger charge is -2.41. The highest BCUT2D eigenvalue weighted by Crippen LogP contribution is 2.54. The number of benzene rings is 1. The monoisotopic (exact) mass is 336 g/mol. The number of halogens is 5. The van der Waals surface area contributed by atoms with Crippen molar-refractivity contribution in [1.29, 1.82) is 0 Å². The van der Waals surface area contributed by atoms with Crippen LogP contribution in [0.3, 0.4) is 0 Å². The van der Waals surface area contributed by atoms with E-state index >= 15 is 0 Å². The zero-order chi connectivity index (χ0) is 16.1. The zero-order valence-corrected chi connectivity index (χ0v) is 11.3. The molecule has 0 bridgehead atoms. The number of ether oxygens (including phenoxy) is 1. The fraction of sp³-hybridized carbons (Fsp3) is 0.533. The van der Waals surface area contributed by atoms with Crippen molar-refractivity contribution in [3.63, 3.8) is 0 Å². The van der Waals surface area contributed by atoms with Crippen LogP contribution in [-0.4, -0.2) is 24.5 Å². The minimum Gasteiger partial charge on any atom is -0.461 e. The number of fused-ring (bicyclic) bond motifs is 1. The van der Waals surface area contributed by atoms with Gasteiger partial charge in [0.05, 0.1) is 0 Å². The molecule has 2 N–H and O–H groups in total. The Bertz CT molecular complexity index is 622. The van der Waals surface area contributed by atoms with Crippen molar-refractivity contribution in [2.24, 2.45) is 16.6 Å². The third-order valence-electron chi connectivity index (χ3n) is 4.24. The predicted molar refractivity (Wildman–Crippen MR) is 75.0 cm³/mol. The Hall–Kier alpha value is -1.86. The van der Waals surface area contributed by atoms with Gasteiger partial charge in [0, 0.05) is 24.3 Å². The second kappa shape index (κ2) is 5.65. The van der Waals surface area contributed by atoms with Gasteiger partial charge >= 0.3 is 0 Å². The molecule has 0 radical (unpaired) electrons. The molecule has 3 atom stereocenters. The Kier molecular flexibility index (Phi) is 4.30. The summed E-state index contributed by atoms with van der Waals surface area (Å²) in [5, 5.41) is 0. The van der Waals surface area contributed by atoms with E-state index in [1.54, 1.807) is 0 Å². The summed E-state index contributed by atoms with van der Waals surface area (Å²) in [4.78, 5) is 3.60. The highest BCUT2D eigenvalue weighted by molar-refractivity contribution is 5.73. The topological polar surface area (TPSA) is 47.6 Å². The fourth-order valence-corrected chi connectivity index (χ4v) is 3.36. The number of nitrogens with two attached hydrogens (primary N) is 1. The van der Waals surface area contributed by atoms with Crippen LogP contribution in [0.1, 0.15) is 25.8 Å². The first-order valence-electron chi connectivity index (χ1n) is 6.69. The first kappa shape index (κ1) is 17.5. The lowest BCUT2D eigenvalue weighted by molar-refractivity contribution is -0.0392. The van der Waals surface area contributed by atoms with Crippen LogP contribution in [0.4, 0.5) is 22.0 Å². The van der Waals surface area contributed by atoms with Crippen molar-refractivity contribution in [2.45, 2.75) is 44.3 Å². The fourth-order valence-electron chi connectivity index (χ4n) is 3.36. The predicted octanol–water partition coefficient (Wildman–Crippen LogP) is 3.68. The minimum absolute atomic E-state index is 0. The number of rotatable bonds is 2. The molecule has 1 aliphatic carbocycles. The highest BCUT2D eigenvalue weighted by Gasteiger charge is 2.63. The van der Waals surface area contributed by atoms with Gasteiger partial charge in [-0.15, -0.1) is 0 Å². The first-order chi connectivity index (χ1) is 10.3. The number of aliphatic imine (C=N–C) groups is 1. The lowest BCUT2D eigenvalue weighted by Crippen LogP contribution is -2.51. The van der Waals surface area contributed by atoms with E-state index in [0.717, 1.165) is 12.1 Å². The molecule has 0 saturated heterocycles. The van der Waals surface area contributed by atoms with Crippen LogP contribution in [0, 0.1) is 11.7 Å². The van der Waals surface area contributed by atoms with Crippen molar-refractivity contribution < 1.29 is 26.7 Å². The van der Waals surface area contributed by atoms with E-state index < -0.39 is 60.2 Å². The second-order valence-corrected chi connectivity index (χ2v) is 5.58. The van der Waals surface area contributed by atoms with Gasteiger partial charge in [-0.3, -0.25) is 0 Å². The number of hydrogen-bond donors (Lipinski definition) is 1. The van der Waals surface area contributed by atoms with Gasteiger partial charge in [-0.1, -0.05) is 25.6 Å². The van der Waals surface area contributed by atoms with Gasteiger partial charge in [0.2, 0.25) is 0 Å². The smallest absolute Gasteiger partial charge is 0.283 e. The van der Waals surface area contributed by atoms with Gasteiger partial charge in [0.25, 0.3) is 18.4 Å². The second-order valence-electron chi connectivity index (χ2n) is 5.58. The molecule has 3 nitrogen and oxygen atoms in total. The summed E-state index contributed by atoms with van der Waals surface area (Å²) in [7, 11) is 0. The molecule has 128 valence electrons. The standard InChI is InChI=1S/C14H13F5N2O.CH4/c15-9-4-2-1-3-7(9)14(11(16)17)8-5-13(18,19)6-10(8)22-12(20)21-14;/h1-4,8,10-11H,5-6H2,(H2,20,21);1H4/t8-,10+,14+;/m0./s1. The average molecular weight is 336 g/mol. The van der Waals surface area contributed by atoms with Gasteiger partial charge < -0.3 is 10.5 Å². The normalized spacial score (nSPS) is 31.8. The largest absolute Gasteiger partial charge is 0.461 e. The Morgan fingerprint density at radius 3 is 2.48 bits per heavy atom. The van der Waals surface area contributed by atoms with Crippen LogP contribution >= 0.6 is 0 Å². The molecule has 0 spiro atoms. The van der Waals surface area contributed by atoms with Gasteiger partial charge in [0.15, 0.2) is 5.54 Å². The summed E-state index contributed by atoms with van der Waals surface area (Å²) >= 11 is 0. The Balaban J connectivity index is 0.00000192. The highest BCUT2D eigenvalue weighted by atomic mass is 19.3. The Labute approximate surface area is 130 Å². The minimum atomic E-state index is -3.20. The summed E-state index contributed by atoms with van der Waals surface area (Å²) in [6.07, 6.45) is -6.02. The van der Waals surface area contributed by atoms with E-state index in [0.29, 0.717) is 0 Å². The molecule has 0 aromatic heterocycles. The molecule has 1 aromatic carbocycles. The van der Waals surface area contributed by atoms with Crippen molar-refractivity contribution in [1.82, 2.24) is 0 Å². The SMILES string of the molecule is C.NC1=N[C@@](c2ccccc2F)(C(F)F)[C@H]2CC(F)(F)C[C@H]2O1. The van der Waals surface area contributed by atoms with E-state index in [9.17, 15) is 22.0 Å². The van der Waals surface area contributed by atoms with Gasteiger partial charge in [-0.2, -0.15) is 0 Å². The Morgan fingerprint density at radius 1 is 1.22 bits per heavy atom. The molecule has 0 amide bonds.